The molecule has 2 rings (SSSR count). The van der Waals surface area contributed by atoms with E-state index in [1.165, 1.54) is 24.4 Å². The second-order valence-corrected chi connectivity index (χ2v) is 4.46. The van der Waals surface area contributed by atoms with Crippen molar-refractivity contribution in [3.05, 3.63) is 74.8 Å². The number of carbonyl (C=O) groups excluding carboxylic acids is 1. The molecule has 1 amide bonds. The zero-order valence-electron chi connectivity index (χ0n) is 10.7. The normalized spacial score (nSPS) is 10.5. The Labute approximate surface area is 125 Å². The molecule has 1 N–H and O–H groups in total. The van der Waals surface area contributed by atoms with Crippen molar-refractivity contribution in [1.82, 2.24) is 5.43 Å². The van der Waals surface area contributed by atoms with Gasteiger partial charge >= 0.3 is 0 Å². The van der Waals surface area contributed by atoms with Crippen LogP contribution in [0.1, 0.15) is 15.9 Å². The Morgan fingerprint density at radius 2 is 1.86 bits per heavy atom. The third kappa shape index (κ3) is 3.87. The lowest BCUT2D eigenvalue weighted by Crippen LogP contribution is -2.18. The third-order valence-electron chi connectivity index (χ3n) is 2.60. The maximum Gasteiger partial charge on any atom is 0.282 e. The summed E-state index contributed by atoms with van der Waals surface area (Å²) in [6.07, 6.45) is 1.42. The Morgan fingerprint density at radius 1 is 1.19 bits per heavy atom. The fourth-order valence-electron chi connectivity index (χ4n) is 1.60. The summed E-state index contributed by atoms with van der Waals surface area (Å²) in [6, 6.07) is 12.5. The van der Waals surface area contributed by atoms with Crippen molar-refractivity contribution >= 4 is 29.4 Å². The highest BCUT2D eigenvalue weighted by Crippen LogP contribution is 2.17. The van der Waals surface area contributed by atoms with Crippen LogP contribution < -0.4 is 5.43 Å². The number of nitro groups is 1. The molecule has 0 saturated heterocycles. The predicted octanol–water partition coefficient (Wildman–Crippen LogP) is 3.01. The van der Waals surface area contributed by atoms with Crippen molar-refractivity contribution in [3.8, 4) is 0 Å². The first-order valence-corrected chi connectivity index (χ1v) is 6.28. The molecule has 0 saturated carbocycles. The highest BCUT2D eigenvalue weighted by molar-refractivity contribution is 6.30. The van der Waals surface area contributed by atoms with E-state index in [4.69, 9.17) is 11.6 Å². The van der Waals surface area contributed by atoms with E-state index < -0.39 is 10.8 Å². The largest absolute Gasteiger partial charge is 0.282 e. The molecule has 0 bridgehead atoms. The first-order chi connectivity index (χ1) is 10.1. The van der Waals surface area contributed by atoms with Gasteiger partial charge in [0.25, 0.3) is 11.6 Å². The van der Waals surface area contributed by atoms with Crippen molar-refractivity contribution in [3.63, 3.8) is 0 Å². The van der Waals surface area contributed by atoms with Crippen molar-refractivity contribution in [2.45, 2.75) is 0 Å². The van der Waals surface area contributed by atoms with E-state index in [1.807, 2.05) is 0 Å². The van der Waals surface area contributed by atoms with Crippen molar-refractivity contribution < 1.29 is 9.72 Å². The number of amides is 1. The van der Waals surface area contributed by atoms with E-state index in [0.717, 1.165) is 5.56 Å². The summed E-state index contributed by atoms with van der Waals surface area (Å²) in [5, 5.41) is 15.2. The van der Waals surface area contributed by atoms with E-state index in [2.05, 4.69) is 10.5 Å². The first-order valence-electron chi connectivity index (χ1n) is 5.90. The fourth-order valence-corrected chi connectivity index (χ4v) is 1.73. The highest BCUT2D eigenvalue weighted by atomic mass is 35.5. The SMILES string of the molecule is O=C(N/N=C/c1ccc(Cl)cc1)c1ccccc1[N+](=O)[O-]. The van der Waals surface area contributed by atoms with Crippen LogP contribution in [0.15, 0.2) is 53.6 Å². The molecule has 106 valence electrons. The smallest absolute Gasteiger partial charge is 0.267 e. The second kappa shape index (κ2) is 6.62. The number of carbonyl (C=O) groups is 1. The molecular formula is C14H10ClN3O3. The highest BCUT2D eigenvalue weighted by Gasteiger charge is 2.18. The molecule has 0 spiro atoms. The molecule has 7 heteroatoms. The average molecular weight is 304 g/mol. The molecule has 2 aromatic rings. The summed E-state index contributed by atoms with van der Waals surface area (Å²) in [6.45, 7) is 0. The van der Waals surface area contributed by atoms with Gasteiger partial charge < -0.3 is 0 Å². The van der Waals surface area contributed by atoms with E-state index in [9.17, 15) is 14.9 Å². The van der Waals surface area contributed by atoms with Crippen LogP contribution in [0, 0.1) is 10.1 Å². The van der Waals surface area contributed by atoms with Crippen LogP contribution in [0.2, 0.25) is 5.02 Å². The van der Waals surface area contributed by atoms with Crippen LogP contribution in [-0.2, 0) is 0 Å². The number of nitro benzene ring substituents is 1. The van der Waals surface area contributed by atoms with Crippen molar-refractivity contribution in [2.24, 2.45) is 5.10 Å². The zero-order valence-corrected chi connectivity index (χ0v) is 11.4. The second-order valence-electron chi connectivity index (χ2n) is 4.02. The topological polar surface area (TPSA) is 84.6 Å². The Bertz CT molecular complexity index is 699. The number of hydrogen-bond acceptors (Lipinski definition) is 4. The van der Waals surface area contributed by atoms with Gasteiger partial charge in [0.15, 0.2) is 0 Å². The minimum Gasteiger partial charge on any atom is -0.267 e. The average Bonchev–Trinajstić information content (AvgIpc) is 2.49. The van der Waals surface area contributed by atoms with Gasteiger partial charge in [0.05, 0.1) is 11.1 Å². The van der Waals surface area contributed by atoms with Gasteiger partial charge in [-0.2, -0.15) is 5.10 Å². The number of hydrogen-bond donors (Lipinski definition) is 1. The number of nitrogens with one attached hydrogen (secondary N) is 1. The summed E-state index contributed by atoms with van der Waals surface area (Å²) in [5.41, 5.74) is 2.68. The van der Waals surface area contributed by atoms with Crippen LogP contribution in [-0.4, -0.2) is 17.0 Å². The molecule has 21 heavy (non-hydrogen) atoms. The lowest BCUT2D eigenvalue weighted by molar-refractivity contribution is -0.385. The van der Waals surface area contributed by atoms with E-state index in [1.54, 1.807) is 30.3 Å². The molecule has 0 radical (unpaired) electrons. The van der Waals surface area contributed by atoms with Gasteiger partial charge in [-0.1, -0.05) is 35.9 Å². The Hall–Kier alpha value is -2.73. The number of nitrogens with zero attached hydrogens (tertiary/aromatic N) is 2. The number of hydrazone groups is 1. The van der Waals surface area contributed by atoms with Crippen LogP contribution >= 0.6 is 11.6 Å². The standard InChI is InChI=1S/C14H10ClN3O3/c15-11-7-5-10(6-8-11)9-16-17-14(19)12-3-1-2-4-13(12)18(20)21/h1-9H,(H,17,19)/b16-9+. The van der Waals surface area contributed by atoms with E-state index in [-0.39, 0.29) is 11.3 Å². The molecule has 0 fully saturated rings. The van der Waals surface area contributed by atoms with Gasteiger partial charge in [-0.05, 0) is 23.8 Å². The lowest BCUT2D eigenvalue weighted by Gasteiger charge is -2.01. The summed E-state index contributed by atoms with van der Waals surface area (Å²) >= 11 is 5.75. The predicted molar refractivity (Wildman–Crippen MR) is 79.6 cm³/mol. The number of rotatable bonds is 4. The molecule has 0 atom stereocenters. The fraction of sp³-hybridized carbons (Fsp3) is 0. The lowest BCUT2D eigenvalue weighted by atomic mass is 10.2. The van der Waals surface area contributed by atoms with Crippen molar-refractivity contribution in [2.75, 3.05) is 0 Å². The van der Waals surface area contributed by atoms with Crippen LogP contribution in [0.5, 0.6) is 0 Å². The van der Waals surface area contributed by atoms with Crippen LogP contribution in [0.25, 0.3) is 0 Å². The maximum absolute atomic E-state index is 11.9. The first kappa shape index (κ1) is 14.7. The quantitative estimate of drug-likeness (QED) is 0.535. The molecule has 0 aromatic heterocycles. The Morgan fingerprint density at radius 3 is 2.52 bits per heavy atom. The number of halogens is 1. The third-order valence-corrected chi connectivity index (χ3v) is 2.85. The van der Waals surface area contributed by atoms with Crippen molar-refractivity contribution in [1.29, 1.82) is 0 Å². The summed E-state index contributed by atoms with van der Waals surface area (Å²) in [7, 11) is 0. The van der Waals surface area contributed by atoms with Crippen LogP contribution in [0.3, 0.4) is 0 Å². The molecular weight excluding hydrogens is 294 g/mol. The molecule has 2 aromatic carbocycles. The van der Waals surface area contributed by atoms with E-state index in [0.29, 0.717) is 5.02 Å². The Balaban J connectivity index is 2.08. The molecule has 6 nitrogen and oxygen atoms in total. The van der Waals surface area contributed by atoms with Crippen LogP contribution in [0.4, 0.5) is 5.69 Å². The van der Waals surface area contributed by atoms with Gasteiger partial charge in [-0.15, -0.1) is 0 Å². The van der Waals surface area contributed by atoms with Gasteiger partial charge in [0.1, 0.15) is 5.56 Å². The summed E-state index contributed by atoms with van der Waals surface area (Å²) in [4.78, 5) is 22.1. The Kier molecular flexibility index (Phi) is 4.63. The minimum absolute atomic E-state index is 0.0456. The van der Waals surface area contributed by atoms with Gasteiger partial charge in [-0.25, -0.2) is 5.43 Å². The number of para-hydroxylation sites is 1. The molecule has 0 aliphatic carbocycles. The van der Waals surface area contributed by atoms with Gasteiger partial charge in [0.2, 0.25) is 0 Å². The minimum atomic E-state index is -0.646. The molecule has 0 unspecified atom stereocenters. The monoisotopic (exact) mass is 303 g/mol. The van der Waals surface area contributed by atoms with Gasteiger partial charge in [0, 0.05) is 11.1 Å². The summed E-state index contributed by atoms with van der Waals surface area (Å²) in [5.74, 6) is -0.646. The molecule has 0 aliphatic heterocycles. The number of benzene rings is 2. The zero-order chi connectivity index (χ0) is 15.2. The molecule has 0 heterocycles. The van der Waals surface area contributed by atoms with E-state index >= 15 is 0 Å². The molecule has 0 aliphatic rings. The van der Waals surface area contributed by atoms with Gasteiger partial charge in [-0.3, -0.25) is 14.9 Å². The maximum atomic E-state index is 11.9. The summed E-state index contributed by atoms with van der Waals surface area (Å²) < 4.78 is 0.